The lowest BCUT2D eigenvalue weighted by molar-refractivity contribution is -0.123. The number of amides is 2. The number of Topliss-reactive ketones (excluding diaryl/α,β-unsaturated/α-hetero) is 1. The molecule has 1 saturated heterocycles. The van der Waals surface area contributed by atoms with Gasteiger partial charge in [-0.2, -0.15) is 0 Å². The number of esters is 1. The molecule has 2 aromatic carbocycles. The third-order valence-electron chi connectivity index (χ3n) is 7.06. The summed E-state index contributed by atoms with van der Waals surface area (Å²) in [5.74, 6) is -1.56. The number of halogens is 2. The molecule has 170 valence electrons. The molecule has 0 spiro atoms. The smallest absolute Gasteiger partial charge is 0.338 e. The molecule has 6 nitrogen and oxygen atoms in total. The predicted molar refractivity (Wildman–Crippen MR) is 129 cm³/mol. The lowest BCUT2D eigenvalue weighted by Gasteiger charge is -2.28. The Morgan fingerprint density at radius 2 is 1.39 bits per heavy atom. The number of alkyl halides is 2. The molecular weight excluding hydrogens is 554 g/mol. The monoisotopic (exact) mass is 573 g/mol. The summed E-state index contributed by atoms with van der Waals surface area (Å²) >= 11 is 7.37. The maximum Gasteiger partial charge on any atom is 0.338 e. The Balaban J connectivity index is 1.26. The Kier molecular flexibility index (Phi) is 5.77. The molecule has 3 aliphatic rings. The van der Waals surface area contributed by atoms with E-state index in [1.807, 2.05) is 19.1 Å². The summed E-state index contributed by atoms with van der Waals surface area (Å²) in [4.78, 5) is 52.5. The van der Waals surface area contributed by atoms with E-state index in [0.717, 1.165) is 12.0 Å². The van der Waals surface area contributed by atoms with Crippen molar-refractivity contribution < 1.29 is 23.9 Å². The van der Waals surface area contributed by atoms with Crippen LogP contribution in [0.25, 0.3) is 0 Å². The van der Waals surface area contributed by atoms with E-state index in [2.05, 4.69) is 31.9 Å². The minimum atomic E-state index is -0.639. The first-order chi connectivity index (χ1) is 15.8. The van der Waals surface area contributed by atoms with Gasteiger partial charge in [-0.3, -0.25) is 19.3 Å². The zero-order valence-corrected chi connectivity index (χ0v) is 20.9. The van der Waals surface area contributed by atoms with Crippen LogP contribution in [0.1, 0.15) is 32.7 Å². The van der Waals surface area contributed by atoms with Crippen LogP contribution in [0.5, 0.6) is 0 Å². The van der Waals surface area contributed by atoms with Gasteiger partial charge in [-0.05, 0) is 49.4 Å². The number of ketones is 1. The summed E-state index contributed by atoms with van der Waals surface area (Å²) in [6.07, 6.45) is 0.874. The topological polar surface area (TPSA) is 80.8 Å². The zero-order valence-electron chi connectivity index (χ0n) is 17.7. The Morgan fingerprint density at radius 3 is 1.94 bits per heavy atom. The molecule has 0 N–H and O–H groups in total. The summed E-state index contributed by atoms with van der Waals surface area (Å²) in [7, 11) is 0. The molecular formula is C25H21Br2NO5. The Labute approximate surface area is 207 Å². The van der Waals surface area contributed by atoms with Crippen molar-refractivity contribution in [1.82, 2.24) is 0 Å². The standard InChI is InChI=1S/C25H21Br2NO5/c1-12-2-4-13(5-3-12)18(29)11-33-25(32)14-6-8-15(9-7-14)28-23(30)19-16-10-17(20(19)24(28)31)22(27)21(16)26/h2-9,16-17,19-22H,10-11H2,1H3. The largest absolute Gasteiger partial charge is 0.454 e. The Hall–Kier alpha value is -2.32. The third-order valence-corrected chi connectivity index (χ3v) is 10.3. The molecule has 1 heterocycles. The van der Waals surface area contributed by atoms with Crippen molar-refractivity contribution >= 4 is 61.1 Å². The van der Waals surface area contributed by atoms with Gasteiger partial charge in [0, 0.05) is 15.2 Å². The predicted octanol–water partition coefficient (Wildman–Crippen LogP) is 4.32. The normalized spacial score (nSPS) is 30.0. The summed E-state index contributed by atoms with van der Waals surface area (Å²) in [6, 6.07) is 13.2. The molecule has 6 atom stereocenters. The van der Waals surface area contributed by atoms with Crippen LogP contribution in [-0.2, 0) is 14.3 Å². The van der Waals surface area contributed by atoms with Gasteiger partial charge in [0.1, 0.15) is 0 Å². The zero-order chi connectivity index (χ0) is 23.4. The number of rotatable bonds is 5. The lowest BCUT2D eigenvalue weighted by Crippen LogP contribution is -2.37. The van der Waals surface area contributed by atoms with Crippen molar-refractivity contribution in [3.8, 4) is 0 Å². The highest BCUT2D eigenvalue weighted by Gasteiger charge is 2.66. The van der Waals surface area contributed by atoms with Gasteiger partial charge in [-0.15, -0.1) is 0 Å². The second-order valence-electron chi connectivity index (χ2n) is 8.93. The Bertz CT molecular complexity index is 1110. The Morgan fingerprint density at radius 1 is 0.879 bits per heavy atom. The maximum absolute atomic E-state index is 13.1. The van der Waals surface area contributed by atoms with Crippen LogP contribution in [0.4, 0.5) is 5.69 Å². The number of ether oxygens (including phenoxy) is 1. The van der Waals surface area contributed by atoms with Crippen molar-refractivity contribution in [3.05, 3.63) is 65.2 Å². The molecule has 2 aromatic rings. The highest BCUT2D eigenvalue weighted by Crippen LogP contribution is 2.60. The SMILES string of the molecule is Cc1ccc(C(=O)COC(=O)c2ccc(N3C(=O)C4C5CC(C(Br)C5Br)C4C3=O)cc2)cc1. The second kappa shape index (κ2) is 8.47. The van der Waals surface area contributed by atoms with Crippen LogP contribution in [0.15, 0.2) is 48.5 Å². The number of aryl methyl sites for hydroxylation is 1. The van der Waals surface area contributed by atoms with Gasteiger partial charge >= 0.3 is 5.97 Å². The maximum atomic E-state index is 13.1. The van der Waals surface area contributed by atoms with Crippen LogP contribution >= 0.6 is 31.9 Å². The van der Waals surface area contributed by atoms with E-state index < -0.39 is 5.97 Å². The molecule has 1 aliphatic heterocycles. The van der Waals surface area contributed by atoms with E-state index in [4.69, 9.17) is 4.74 Å². The van der Waals surface area contributed by atoms with Crippen LogP contribution < -0.4 is 4.90 Å². The van der Waals surface area contributed by atoms with E-state index in [1.165, 1.54) is 17.0 Å². The molecule has 8 heteroatoms. The molecule has 5 rings (SSSR count). The number of fused-ring (bicyclic) bond motifs is 5. The van der Waals surface area contributed by atoms with Gasteiger partial charge in [0.25, 0.3) is 0 Å². The number of nitrogens with zero attached hydrogens (tertiary/aromatic N) is 1. The number of benzene rings is 2. The number of imide groups is 1. The minimum absolute atomic E-state index is 0.145. The molecule has 0 radical (unpaired) electrons. The summed E-state index contributed by atoms with van der Waals surface area (Å²) in [5.41, 5.74) is 2.21. The molecule has 2 aliphatic carbocycles. The number of carbonyl (C=O) groups excluding carboxylic acids is 4. The molecule has 2 amide bonds. The van der Waals surface area contributed by atoms with E-state index in [0.29, 0.717) is 11.3 Å². The van der Waals surface area contributed by atoms with Crippen molar-refractivity contribution in [2.75, 3.05) is 11.5 Å². The number of hydrogen-bond donors (Lipinski definition) is 0. The summed E-state index contributed by atoms with van der Waals surface area (Å²) < 4.78 is 5.16. The van der Waals surface area contributed by atoms with Gasteiger partial charge in [-0.1, -0.05) is 61.7 Å². The lowest BCUT2D eigenvalue weighted by atomic mass is 9.81. The number of anilines is 1. The third kappa shape index (κ3) is 3.67. The van der Waals surface area contributed by atoms with Gasteiger partial charge in [0.2, 0.25) is 11.8 Å². The van der Waals surface area contributed by atoms with E-state index >= 15 is 0 Å². The highest BCUT2D eigenvalue weighted by molar-refractivity contribution is 9.12. The quantitative estimate of drug-likeness (QED) is 0.230. The molecule has 3 fully saturated rings. The van der Waals surface area contributed by atoms with Gasteiger partial charge < -0.3 is 4.74 Å². The van der Waals surface area contributed by atoms with Crippen molar-refractivity contribution in [3.63, 3.8) is 0 Å². The van der Waals surface area contributed by atoms with Crippen molar-refractivity contribution in [2.45, 2.75) is 23.0 Å². The van der Waals surface area contributed by atoms with Crippen LogP contribution in [0.3, 0.4) is 0 Å². The minimum Gasteiger partial charge on any atom is -0.454 e. The fourth-order valence-corrected chi connectivity index (χ4v) is 7.26. The van der Waals surface area contributed by atoms with Crippen LogP contribution in [-0.4, -0.2) is 39.8 Å². The number of carbonyl (C=O) groups is 4. The van der Waals surface area contributed by atoms with Gasteiger partial charge in [0.05, 0.1) is 23.1 Å². The van der Waals surface area contributed by atoms with Crippen molar-refractivity contribution in [2.24, 2.45) is 23.7 Å². The average Bonchev–Trinajstić information content (AvgIpc) is 3.42. The first kappa shape index (κ1) is 22.5. The van der Waals surface area contributed by atoms with E-state index in [1.54, 1.807) is 24.3 Å². The summed E-state index contributed by atoms with van der Waals surface area (Å²) in [5, 5.41) is 0. The molecule has 0 aromatic heterocycles. The van der Waals surface area contributed by atoms with Gasteiger partial charge in [0.15, 0.2) is 12.4 Å². The van der Waals surface area contributed by atoms with Gasteiger partial charge in [-0.25, -0.2) is 4.79 Å². The second-order valence-corrected chi connectivity index (χ2v) is 11.0. The first-order valence-corrected chi connectivity index (χ1v) is 12.6. The van der Waals surface area contributed by atoms with E-state index in [9.17, 15) is 19.2 Å². The highest BCUT2D eigenvalue weighted by atomic mass is 79.9. The average molecular weight is 575 g/mol. The molecule has 33 heavy (non-hydrogen) atoms. The molecule has 2 saturated carbocycles. The summed E-state index contributed by atoms with van der Waals surface area (Å²) in [6.45, 7) is 1.56. The molecule has 6 unspecified atom stereocenters. The van der Waals surface area contributed by atoms with Crippen LogP contribution in [0, 0.1) is 30.6 Å². The van der Waals surface area contributed by atoms with Crippen LogP contribution in [0.2, 0.25) is 0 Å². The first-order valence-electron chi connectivity index (χ1n) is 10.8. The fourth-order valence-electron chi connectivity index (χ4n) is 5.39. The number of hydrogen-bond acceptors (Lipinski definition) is 5. The van der Waals surface area contributed by atoms with E-state index in [-0.39, 0.29) is 63.1 Å². The molecule has 2 bridgehead atoms. The van der Waals surface area contributed by atoms with Crippen molar-refractivity contribution in [1.29, 1.82) is 0 Å². The fraction of sp³-hybridized carbons (Fsp3) is 0.360.